The highest BCUT2D eigenvalue weighted by Gasteiger charge is 2.15. The van der Waals surface area contributed by atoms with Crippen molar-refractivity contribution >= 4 is 23.6 Å². The minimum absolute atomic E-state index is 0.220. The van der Waals surface area contributed by atoms with Crippen LogP contribution < -0.4 is 4.90 Å². The lowest BCUT2D eigenvalue weighted by Gasteiger charge is -2.23. The van der Waals surface area contributed by atoms with Crippen molar-refractivity contribution in [3.8, 4) is 0 Å². The third-order valence-electron chi connectivity index (χ3n) is 2.65. The van der Waals surface area contributed by atoms with Crippen LogP contribution in [0.4, 0.5) is 5.95 Å². The molecule has 17 heavy (non-hydrogen) atoms. The smallest absolute Gasteiger partial charge is 0.225 e. The van der Waals surface area contributed by atoms with E-state index in [-0.39, 0.29) is 6.04 Å². The van der Waals surface area contributed by atoms with Gasteiger partial charge in [-0.1, -0.05) is 6.07 Å². The monoisotopic (exact) mass is 247 g/mol. The molecule has 1 unspecified atom stereocenters. The lowest BCUT2D eigenvalue weighted by molar-refractivity contribution is 0.112. The predicted molar refractivity (Wildman–Crippen MR) is 68.6 cm³/mol. The molecule has 0 amide bonds. The number of rotatable bonds is 4. The molecule has 0 aliphatic rings. The molecule has 2 rings (SSSR count). The number of thiophene rings is 1. The molecule has 0 saturated heterocycles. The lowest BCUT2D eigenvalue weighted by Crippen LogP contribution is -2.23. The summed E-state index contributed by atoms with van der Waals surface area (Å²) in [6, 6.07) is 4.34. The maximum atomic E-state index is 10.5. The van der Waals surface area contributed by atoms with Crippen LogP contribution in [-0.4, -0.2) is 23.3 Å². The molecule has 4 nitrogen and oxygen atoms in total. The number of nitrogens with zero attached hydrogens (tertiary/aromatic N) is 3. The van der Waals surface area contributed by atoms with Gasteiger partial charge in [-0.2, -0.15) is 0 Å². The van der Waals surface area contributed by atoms with E-state index in [9.17, 15) is 4.79 Å². The fraction of sp³-hybridized carbons (Fsp3) is 0.250. The molecule has 2 heterocycles. The van der Waals surface area contributed by atoms with Crippen LogP contribution in [0.15, 0.2) is 29.9 Å². The van der Waals surface area contributed by atoms with Crippen molar-refractivity contribution in [1.82, 2.24) is 9.97 Å². The first-order valence-corrected chi connectivity index (χ1v) is 6.14. The molecule has 0 aliphatic heterocycles. The zero-order valence-electron chi connectivity index (χ0n) is 9.70. The summed E-state index contributed by atoms with van der Waals surface area (Å²) in [5.74, 6) is 0.622. The van der Waals surface area contributed by atoms with E-state index in [2.05, 4.69) is 28.3 Å². The van der Waals surface area contributed by atoms with Gasteiger partial charge in [0.05, 0.1) is 11.6 Å². The molecule has 0 N–H and O–H groups in total. The van der Waals surface area contributed by atoms with Crippen LogP contribution in [0, 0.1) is 0 Å². The van der Waals surface area contributed by atoms with E-state index < -0.39 is 0 Å². The Morgan fingerprint density at radius 3 is 2.65 bits per heavy atom. The van der Waals surface area contributed by atoms with Crippen molar-refractivity contribution in [2.75, 3.05) is 11.9 Å². The summed E-state index contributed by atoms with van der Waals surface area (Å²) in [5.41, 5.74) is 0.492. The van der Waals surface area contributed by atoms with Crippen LogP contribution in [0.1, 0.15) is 28.2 Å². The predicted octanol–water partition coefficient (Wildman–Crippen LogP) is 2.55. The number of carbonyl (C=O) groups excluding carboxylic acids is 1. The first kappa shape index (κ1) is 11.7. The highest BCUT2D eigenvalue weighted by molar-refractivity contribution is 7.10. The second kappa shape index (κ2) is 5.05. The molecule has 2 aromatic rings. The lowest BCUT2D eigenvalue weighted by atomic mass is 10.2. The van der Waals surface area contributed by atoms with Gasteiger partial charge in [-0.25, -0.2) is 9.97 Å². The van der Waals surface area contributed by atoms with Crippen molar-refractivity contribution < 1.29 is 4.79 Å². The van der Waals surface area contributed by atoms with Crippen molar-refractivity contribution in [3.63, 3.8) is 0 Å². The molecule has 88 valence electrons. The summed E-state index contributed by atoms with van der Waals surface area (Å²) in [7, 11) is 1.94. The molecule has 2 aromatic heterocycles. The molecule has 0 bridgehead atoms. The standard InChI is InChI=1S/C12H13N3OS/c1-9(11-4-3-5-17-11)15(2)12-13-6-10(8-16)7-14-12/h3-9H,1-2H3. The average Bonchev–Trinajstić information content (AvgIpc) is 2.91. The summed E-state index contributed by atoms with van der Waals surface area (Å²) in [4.78, 5) is 22.1. The molecular weight excluding hydrogens is 234 g/mol. The Morgan fingerprint density at radius 2 is 2.12 bits per heavy atom. The minimum atomic E-state index is 0.220. The number of hydrogen-bond acceptors (Lipinski definition) is 5. The van der Waals surface area contributed by atoms with Gasteiger partial charge in [0, 0.05) is 24.3 Å². The average molecular weight is 247 g/mol. The van der Waals surface area contributed by atoms with Gasteiger partial charge in [0.25, 0.3) is 0 Å². The highest BCUT2D eigenvalue weighted by atomic mass is 32.1. The molecule has 0 aliphatic carbocycles. The topological polar surface area (TPSA) is 46.1 Å². The van der Waals surface area contributed by atoms with E-state index in [1.54, 1.807) is 11.3 Å². The molecule has 0 radical (unpaired) electrons. The molecule has 0 saturated carbocycles. The Hall–Kier alpha value is -1.75. The van der Waals surface area contributed by atoms with Gasteiger partial charge in [0.2, 0.25) is 5.95 Å². The SMILES string of the molecule is CC(c1cccs1)N(C)c1ncc(C=O)cn1. The zero-order chi connectivity index (χ0) is 12.3. The zero-order valence-corrected chi connectivity index (χ0v) is 10.5. The Kier molecular flexibility index (Phi) is 3.49. The van der Waals surface area contributed by atoms with E-state index in [1.165, 1.54) is 17.3 Å². The van der Waals surface area contributed by atoms with Crippen LogP contribution in [0.3, 0.4) is 0 Å². The van der Waals surface area contributed by atoms with Crippen LogP contribution in [0.5, 0.6) is 0 Å². The number of aromatic nitrogens is 2. The number of aldehydes is 1. The Morgan fingerprint density at radius 1 is 1.41 bits per heavy atom. The molecule has 0 aromatic carbocycles. The summed E-state index contributed by atoms with van der Waals surface area (Å²) < 4.78 is 0. The Balaban J connectivity index is 2.18. The van der Waals surface area contributed by atoms with Gasteiger partial charge < -0.3 is 4.90 Å². The first-order chi connectivity index (χ1) is 8.22. The van der Waals surface area contributed by atoms with Crippen LogP contribution in [0.2, 0.25) is 0 Å². The van der Waals surface area contributed by atoms with E-state index in [0.717, 1.165) is 6.29 Å². The molecule has 0 spiro atoms. The quantitative estimate of drug-likeness (QED) is 0.779. The number of anilines is 1. The Bertz CT molecular complexity index is 481. The first-order valence-electron chi connectivity index (χ1n) is 5.26. The Labute approximate surface area is 104 Å². The van der Waals surface area contributed by atoms with E-state index in [4.69, 9.17) is 0 Å². The molecule has 1 atom stereocenters. The summed E-state index contributed by atoms with van der Waals surface area (Å²) in [5, 5.41) is 2.05. The van der Waals surface area contributed by atoms with Crippen LogP contribution in [0.25, 0.3) is 0 Å². The molecule has 0 fully saturated rings. The van der Waals surface area contributed by atoms with Gasteiger partial charge in [0.15, 0.2) is 6.29 Å². The van der Waals surface area contributed by atoms with Gasteiger partial charge in [-0.05, 0) is 18.4 Å². The normalized spacial score (nSPS) is 12.1. The summed E-state index contributed by atoms with van der Waals surface area (Å²) in [6.07, 6.45) is 3.81. The van der Waals surface area contributed by atoms with Gasteiger partial charge in [-0.3, -0.25) is 4.79 Å². The molecule has 5 heteroatoms. The number of hydrogen-bond donors (Lipinski definition) is 0. The van der Waals surface area contributed by atoms with E-state index in [0.29, 0.717) is 11.5 Å². The fourth-order valence-corrected chi connectivity index (χ4v) is 2.29. The van der Waals surface area contributed by atoms with Crippen molar-refractivity contribution in [2.24, 2.45) is 0 Å². The fourth-order valence-electron chi connectivity index (χ4n) is 1.47. The maximum absolute atomic E-state index is 10.5. The highest BCUT2D eigenvalue weighted by Crippen LogP contribution is 2.25. The van der Waals surface area contributed by atoms with Gasteiger partial charge in [-0.15, -0.1) is 11.3 Å². The van der Waals surface area contributed by atoms with Crippen LogP contribution in [-0.2, 0) is 0 Å². The van der Waals surface area contributed by atoms with Gasteiger partial charge >= 0.3 is 0 Å². The minimum Gasteiger partial charge on any atom is -0.336 e. The van der Waals surface area contributed by atoms with E-state index >= 15 is 0 Å². The van der Waals surface area contributed by atoms with Crippen molar-refractivity contribution in [3.05, 3.63) is 40.3 Å². The largest absolute Gasteiger partial charge is 0.336 e. The maximum Gasteiger partial charge on any atom is 0.225 e. The number of carbonyl (C=O) groups is 1. The second-order valence-electron chi connectivity index (χ2n) is 3.74. The van der Waals surface area contributed by atoms with Crippen LogP contribution >= 0.6 is 11.3 Å². The summed E-state index contributed by atoms with van der Waals surface area (Å²) >= 11 is 1.71. The second-order valence-corrected chi connectivity index (χ2v) is 4.72. The van der Waals surface area contributed by atoms with Crippen molar-refractivity contribution in [1.29, 1.82) is 0 Å². The third kappa shape index (κ3) is 2.50. The molecular formula is C12H13N3OS. The van der Waals surface area contributed by atoms with Gasteiger partial charge in [0.1, 0.15) is 0 Å². The van der Waals surface area contributed by atoms with Crippen molar-refractivity contribution in [2.45, 2.75) is 13.0 Å². The summed E-state index contributed by atoms with van der Waals surface area (Å²) in [6.45, 7) is 2.10. The third-order valence-corrected chi connectivity index (χ3v) is 3.69. The van der Waals surface area contributed by atoms with E-state index in [1.807, 2.05) is 18.0 Å².